The highest BCUT2D eigenvalue weighted by Crippen LogP contribution is 2.23. The van der Waals surface area contributed by atoms with Crippen molar-refractivity contribution >= 4 is 11.6 Å². The molecule has 3 heteroatoms. The maximum Gasteiger partial charge on any atom is 0.0957 e. The Hall–Kier alpha value is -0.570. The Labute approximate surface area is 77.3 Å². The van der Waals surface area contributed by atoms with Crippen LogP contribution < -0.4 is 5.73 Å². The second-order valence-electron chi connectivity index (χ2n) is 2.48. The third-order valence-electron chi connectivity index (χ3n) is 1.75. The highest BCUT2D eigenvalue weighted by molar-refractivity contribution is 6.31. The second-order valence-corrected chi connectivity index (χ2v) is 2.89. The highest BCUT2D eigenvalue weighted by atomic mass is 35.5. The van der Waals surface area contributed by atoms with Crippen LogP contribution in [0.4, 0.5) is 0 Å². The number of nitrogens with two attached hydrogens (primary N) is 1. The lowest BCUT2D eigenvalue weighted by Crippen LogP contribution is -2.14. The summed E-state index contributed by atoms with van der Waals surface area (Å²) in [5.74, 6) is 0. The fourth-order valence-corrected chi connectivity index (χ4v) is 1.34. The molecule has 0 aliphatic rings. The SMILES string of the molecule is CO[C@@H](CN)c1ccccc1Cl. The molecule has 66 valence electrons. The first-order valence-corrected chi connectivity index (χ1v) is 4.14. The van der Waals surface area contributed by atoms with Crippen molar-refractivity contribution in [2.75, 3.05) is 13.7 Å². The molecule has 0 radical (unpaired) electrons. The highest BCUT2D eigenvalue weighted by Gasteiger charge is 2.10. The van der Waals surface area contributed by atoms with Crippen LogP contribution in [0.2, 0.25) is 5.02 Å². The van der Waals surface area contributed by atoms with E-state index in [1.165, 1.54) is 0 Å². The third-order valence-corrected chi connectivity index (χ3v) is 2.09. The van der Waals surface area contributed by atoms with E-state index < -0.39 is 0 Å². The molecule has 0 heterocycles. The molecule has 0 aliphatic heterocycles. The van der Waals surface area contributed by atoms with Crippen molar-refractivity contribution in [2.24, 2.45) is 5.73 Å². The molecule has 0 aromatic heterocycles. The van der Waals surface area contributed by atoms with Crippen LogP contribution in [-0.2, 0) is 4.74 Å². The van der Waals surface area contributed by atoms with Gasteiger partial charge >= 0.3 is 0 Å². The monoisotopic (exact) mass is 185 g/mol. The van der Waals surface area contributed by atoms with Crippen molar-refractivity contribution in [3.05, 3.63) is 34.9 Å². The van der Waals surface area contributed by atoms with E-state index in [4.69, 9.17) is 22.1 Å². The van der Waals surface area contributed by atoms with Crippen LogP contribution in [0.25, 0.3) is 0 Å². The van der Waals surface area contributed by atoms with Gasteiger partial charge in [-0.3, -0.25) is 0 Å². The molecule has 0 fully saturated rings. The normalized spacial score (nSPS) is 12.9. The van der Waals surface area contributed by atoms with Crippen LogP contribution in [-0.4, -0.2) is 13.7 Å². The molecule has 0 saturated heterocycles. The summed E-state index contributed by atoms with van der Waals surface area (Å²) in [7, 11) is 1.63. The average Bonchev–Trinajstić information content (AvgIpc) is 2.10. The van der Waals surface area contributed by atoms with E-state index in [9.17, 15) is 0 Å². The van der Waals surface area contributed by atoms with Crippen molar-refractivity contribution in [3.63, 3.8) is 0 Å². The third kappa shape index (κ3) is 1.97. The summed E-state index contributed by atoms with van der Waals surface area (Å²) in [6.45, 7) is 0.445. The first-order chi connectivity index (χ1) is 5.79. The molecular formula is C9H12ClNO. The number of hydrogen-bond donors (Lipinski definition) is 1. The molecule has 0 aliphatic carbocycles. The Morgan fingerprint density at radius 1 is 1.50 bits per heavy atom. The van der Waals surface area contributed by atoms with Crippen molar-refractivity contribution < 1.29 is 4.74 Å². The van der Waals surface area contributed by atoms with Gasteiger partial charge in [-0.1, -0.05) is 29.8 Å². The number of hydrogen-bond acceptors (Lipinski definition) is 2. The molecule has 0 unspecified atom stereocenters. The summed E-state index contributed by atoms with van der Waals surface area (Å²) in [4.78, 5) is 0. The van der Waals surface area contributed by atoms with E-state index in [-0.39, 0.29) is 6.10 Å². The molecule has 2 nitrogen and oxygen atoms in total. The predicted molar refractivity (Wildman–Crippen MR) is 50.3 cm³/mol. The van der Waals surface area contributed by atoms with Gasteiger partial charge in [0.25, 0.3) is 0 Å². The van der Waals surface area contributed by atoms with E-state index in [0.717, 1.165) is 5.56 Å². The summed E-state index contributed by atoms with van der Waals surface area (Å²) >= 11 is 5.94. The zero-order valence-corrected chi connectivity index (χ0v) is 7.71. The average molecular weight is 186 g/mol. The zero-order valence-electron chi connectivity index (χ0n) is 6.96. The number of methoxy groups -OCH3 is 1. The van der Waals surface area contributed by atoms with Gasteiger partial charge in [0, 0.05) is 24.2 Å². The van der Waals surface area contributed by atoms with Gasteiger partial charge in [-0.2, -0.15) is 0 Å². The Bertz CT molecular complexity index is 248. The van der Waals surface area contributed by atoms with Crippen LogP contribution in [0.15, 0.2) is 24.3 Å². The van der Waals surface area contributed by atoms with Crippen molar-refractivity contribution in [1.82, 2.24) is 0 Å². The lowest BCUT2D eigenvalue weighted by atomic mass is 10.1. The molecule has 1 aromatic rings. The molecule has 0 saturated carbocycles. The van der Waals surface area contributed by atoms with Gasteiger partial charge < -0.3 is 10.5 Å². The summed E-state index contributed by atoms with van der Waals surface area (Å²) in [5, 5.41) is 0.704. The quantitative estimate of drug-likeness (QED) is 0.782. The molecule has 2 N–H and O–H groups in total. The molecule has 1 aromatic carbocycles. The van der Waals surface area contributed by atoms with Gasteiger partial charge in [-0.05, 0) is 6.07 Å². The fraction of sp³-hybridized carbons (Fsp3) is 0.333. The van der Waals surface area contributed by atoms with E-state index in [0.29, 0.717) is 11.6 Å². The Balaban J connectivity index is 2.92. The van der Waals surface area contributed by atoms with E-state index >= 15 is 0 Å². The molecule has 0 amide bonds. The Morgan fingerprint density at radius 3 is 2.67 bits per heavy atom. The Kier molecular flexibility index (Phi) is 3.53. The molecule has 0 bridgehead atoms. The van der Waals surface area contributed by atoms with Gasteiger partial charge in [0.2, 0.25) is 0 Å². The summed E-state index contributed by atoms with van der Waals surface area (Å²) in [6, 6.07) is 7.56. The minimum absolute atomic E-state index is 0.0984. The van der Waals surface area contributed by atoms with Gasteiger partial charge in [-0.15, -0.1) is 0 Å². The minimum atomic E-state index is -0.0984. The number of rotatable bonds is 3. The van der Waals surface area contributed by atoms with Crippen LogP contribution in [0.3, 0.4) is 0 Å². The van der Waals surface area contributed by atoms with Crippen LogP contribution in [0.1, 0.15) is 11.7 Å². The Morgan fingerprint density at radius 2 is 2.17 bits per heavy atom. The predicted octanol–water partition coefficient (Wildman–Crippen LogP) is 1.99. The van der Waals surface area contributed by atoms with Crippen molar-refractivity contribution in [2.45, 2.75) is 6.10 Å². The smallest absolute Gasteiger partial charge is 0.0957 e. The standard InChI is InChI=1S/C9H12ClNO/c1-12-9(6-11)7-4-2-3-5-8(7)10/h2-5,9H,6,11H2,1H3/t9-/m0/s1. The summed E-state index contributed by atoms with van der Waals surface area (Å²) in [6.07, 6.45) is -0.0984. The lowest BCUT2D eigenvalue weighted by molar-refractivity contribution is 0.110. The molecule has 0 spiro atoms. The first-order valence-electron chi connectivity index (χ1n) is 3.77. The summed E-state index contributed by atoms with van der Waals surface area (Å²) in [5.41, 5.74) is 6.45. The van der Waals surface area contributed by atoms with E-state index in [1.54, 1.807) is 7.11 Å². The second kappa shape index (κ2) is 4.45. The number of ether oxygens (including phenoxy) is 1. The first kappa shape index (κ1) is 9.52. The van der Waals surface area contributed by atoms with Crippen LogP contribution in [0.5, 0.6) is 0 Å². The zero-order chi connectivity index (χ0) is 8.97. The number of halogens is 1. The fourth-order valence-electron chi connectivity index (χ4n) is 1.09. The van der Waals surface area contributed by atoms with Gasteiger partial charge in [0.05, 0.1) is 6.10 Å². The topological polar surface area (TPSA) is 35.2 Å². The van der Waals surface area contributed by atoms with Crippen molar-refractivity contribution in [1.29, 1.82) is 0 Å². The summed E-state index contributed by atoms with van der Waals surface area (Å²) < 4.78 is 5.16. The maximum absolute atomic E-state index is 5.94. The molecule has 1 atom stereocenters. The number of benzene rings is 1. The molecule has 12 heavy (non-hydrogen) atoms. The molecular weight excluding hydrogens is 174 g/mol. The molecule has 1 rings (SSSR count). The maximum atomic E-state index is 5.94. The largest absolute Gasteiger partial charge is 0.375 e. The van der Waals surface area contributed by atoms with Crippen LogP contribution in [0, 0.1) is 0 Å². The van der Waals surface area contributed by atoms with Crippen molar-refractivity contribution in [3.8, 4) is 0 Å². The van der Waals surface area contributed by atoms with E-state index in [2.05, 4.69) is 0 Å². The van der Waals surface area contributed by atoms with E-state index in [1.807, 2.05) is 24.3 Å². The van der Waals surface area contributed by atoms with Gasteiger partial charge in [-0.25, -0.2) is 0 Å². The van der Waals surface area contributed by atoms with Crippen LogP contribution >= 0.6 is 11.6 Å². The van der Waals surface area contributed by atoms with Gasteiger partial charge in [0.15, 0.2) is 0 Å². The lowest BCUT2D eigenvalue weighted by Gasteiger charge is -2.14. The minimum Gasteiger partial charge on any atom is -0.375 e. The van der Waals surface area contributed by atoms with Gasteiger partial charge in [0.1, 0.15) is 0 Å².